The summed E-state index contributed by atoms with van der Waals surface area (Å²) >= 11 is 0. The van der Waals surface area contributed by atoms with E-state index >= 15 is 0 Å². The van der Waals surface area contributed by atoms with E-state index in [0.29, 0.717) is 22.5 Å². The second kappa shape index (κ2) is 6.27. The minimum Gasteiger partial charge on any atom is -0.506 e. The molecule has 0 radical (unpaired) electrons. The van der Waals surface area contributed by atoms with E-state index < -0.39 is 10.1 Å². The van der Waals surface area contributed by atoms with Gasteiger partial charge in [-0.1, -0.05) is 30.3 Å². The van der Waals surface area contributed by atoms with Crippen LogP contribution in [0.3, 0.4) is 0 Å². The van der Waals surface area contributed by atoms with E-state index in [0.717, 1.165) is 10.8 Å². The topological polar surface area (TPSA) is 99.3 Å². The first-order valence-electron chi connectivity index (χ1n) is 7.48. The fourth-order valence-corrected chi connectivity index (χ4v) is 3.32. The van der Waals surface area contributed by atoms with E-state index in [1.54, 1.807) is 26.0 Å². The quantitative estimate of drug-likeness (QED) is 0.519. The lowest BCUT2D eigenvalue weighted by atomic mass is 10.1. The molecule has 0 aliphatic heterocycles. The molecule has 0 unspecified atom stereocenters. The van der Waals surface area contributed by atoms with Crippen molar-refractivity contribution >= 4 is 32.3 Å². The third-order valence-electron chi connectivity index (χ3n) is 3.89. The van der Waals surface area contributed by atoms with Crippen LogP contribution < -0.4 is 0 Å². The average Bonchev–Trinajstić information content (AvgIpc) is 2.54. The minimum atomic E-state index is -4.28. The van der Waals surface area contributed by atoms with Crippen LogP contribution in [0.15, 0.2) is 63.7 Å². The Labute approximate surface area is 145 Å². The Morgan fingerprint density at radius 1 is 0.880 bits per heavy atom. The van der Waals surface area contributed by atoms with Crippen molar-refractivity contribution in [2.24, 2.45) is 10.2 Å². The molecule has 3 aromatic rings. The molecule has 0 saturated carbocycles. The maximum Gasteiger partial charge on any atom is 0.294 e. The zero-order chi connectivity index (χ0) is 18.2. The highest BCUT2D eigenvalue weighted by Crippen LogP contribution is 2.37. The molecule has 6 nitrogen and oxygen atoms in total. The van der Waals surface area contributed by atoms with Gasteiger partial charge in [0.05, 0.1) is 10.6 Å². The van der Waals surface area contributed by atoms with Crippen molar-refractivity contribution in [1.29, 1.82) is 0 Å². The number of phenols is 1. The van der Waals surface area contributed by atoms with Gasteiger partial charge in [0.2, 0.25) is 0 Å². The lowest BCUT2D eigenvalue weighted by Crippen LogP contribution is -1.99. The van der Waals surface area contributed by atoms with Crippen molar-refractivity contribution < 1.29 is 18.1 Å². The number of aromatic hydroxyl groups is 1. The number of phenolic OH excluding ortho intramolecular Hbond substituents is 1. The Bertz CT molecular complexity index is 1080. The summed E-state index contributed by atoms with van der Waals surface area (Å²) in [4.78, 5) is -0.186. The monoisotopic (exact) mass is 356 g/mol. The maximum absolute atomic E-state index is 11.3. The fraction of sp³-hybridized carbons (Fsp3) is 0.111. The molecule has 0 bridgehead atoms. The second-order valence-electron chi connectivity index (χ2n) is 5.74. The van der Waals surface area contributed by atoms with Gasteiger partial charge in [0, 0.05) is 5.39 Å². The molecule has 25 heavy (non-hydrogen) atoms. The highest BCUT2D eigenvalue weighted by Gasteiger charge is 2.14. The molecule has 0 aromatic heterocycles. The first-order valence-corrected chi connectivity index (χ1v) is 8.92. The molecule has 3 aromatic carbocycles. The first-order chi connectivity index (χ1) is 11.8. The molecular weight excluding hydrogens is 340 g/mol. The van der Waals surface area contributed by atoms with Crippen LogP contribution in [-0.4, -0.2) is 18.1 Å². The van der Waals surface area contributed by atoms with E-state index in [9.17, 15) is 18.1 Å². The van der Waals surface area contributed by atoms with Crippen molar-refractivity contribution in [2.75, 3.05) is 0 Å². The summed E-state index contributed by atoms with van der Waals surface area (Å²) in [7, 11) is -4.28. The van der Waals surface area contributed by atoms with Gasteiger partial charge in [0.25, 0.3) is 10.1 Å². The number of fused-ring (bicyclic) bond motifs is 1. The molecule has 0 saturated heterocycles. The maximum atomic E-state index is 11.3. The van der Waals surface area contributed by atoms with Crippen LogP contribution in [0.4, 0.5) is 11.4 Å². The van der Waals surface area contributed by atoms with Crippen LogP contribution in [0.2, 0.25) is 0 Å². The minimum absolute atomic E-state index is 0.00677. The van der Waals surface area contributed by atoms with Gasteiger partial charge in [0.1, 0.15) is 11.4 Å². The molecule has 0 aliphatic carbocycles. The third kappa shape index (κ3) is 3.38. The molecule has 0 atom stereocenters. The van der Waals surface area contributed by atoms with Crippen LogP contribution >= 0.6 is 0 Å². The highest BCUT2D eigenvalue weighted by molar-refractivity contribution is 7.85. The van der Waals surface area contributed by atoms with Gasteiger partial charge in [-0.15, -0.1) is 10.2 Å². The highest BCUT2D eigenvalue weighted by atomic mass is 32.2. The van der Waals surface area contributed by atoms with Crippen LogP contribution in [0.25, 0.3) is 10.8 Å². The van der Waals surface area contributed by atoms with Gasteiger partial charge in [0.15, 0.2) is 0 Å². The van der Waals surface area contributed by atoms with Gasteiger partial charge in [-0.2, -0.15) is 8.42 Å². The van der Waals surface area contributed by atoms with Gasteiger partial charge < -0.3 is 5.11 Å². The van der Waals surface area contributed by atoms with Crippen LogP contribution in [-0.2, 0) is 10.1 Å². The summed E-state index contributed by atoms with van der Waals surface area (Å²) in [5.41, 5.74) is 1.93. The molecule has 0 heterocycles. The lowest BCUT2D eigenvalue weighted by Gasteiger charge is -2.07. The molecule has 7 heteroatoms. The predicted octanol–water partition coefficient (Wildman–Crippen LogP) is 4.82. The average molecular weight is 356 g/mol. The standard InChI is InChI=1S/C18H16N2O4S/c1-11-9-14(25(22,23)24)10-12(2)17(11)19-20-18-15-6-4-3-5-13(15)7-8-16(18)21/h3-10,21H,1-2H3,(H,22,23,24). The van der Waals surface area contributed by atoms with E-state index in [1.165, 1.54) is 12.1 Å². The number of azo groups is 1. The van der Waals surface area contributed by atoms with Crippen molar-refractivity contribution in [3.05, 3.63) is 59.7 Å². The Kier molecular flexibility index (Phi) is 4.28. The normalized spacial score (nSPS) is 12.1. The Hall–Kier alpha value is -2.77. The molecular formula is C18H16N2O4S. The van der Waals surface area contributed by atoms with Gasteiger partial charge in [-0.25, -0.2) is 0 Å². The summed E-state index contributed by atoms with van der Waals surface area (Å²) < 4.78 is 31.8. The Morgan fingerprint density at radius 3 is 2.12 bits per heavy atom. The smallest absolute Gasteiger partial charge is 0.294 e. The number of hydrogen-bond acceptors (Lipinski definition) is 5. The number of rotatable bonds is 3. The Balaban J connectivity index is 2.11. The summed E-state index contributed by atoms with van der Waals surface area (Å²) in [6, 6.07) is 13.5. The second-order valence-corrected chi connectivity index (χ2v) is 7.16. The van der Waals surface area contributed by atoms with Crippen molar-refractivity contribution in [2.45, 2.75) is 18.7 Å². The Morgan fingerprint density at radius 2 is 1.48 bits per heavy atom. The summed E-state index contributed by atoms with van der Waals surface area (Å²) in [6.07, 6.45) is 0. The number of nitrogens with zero attached hydrogens (tertiary/aromatic N) is 2. The molecule has 0 spiro atoms. The zero-order valence-corrected chi connectivity index (χ0v) is 14.4. The van der Waals surface area contributed by atoms with Crippen LogP contribution in [0.1, 0.15) is 11.1 Å². The number of benzene rings is 3. The van der Waals surface area contributed by atoms with Crippen molar-refractivity contribution in [3.63, 3.8) is 0 Å². The SMILES string of the molecule is Cc1cc(S(=O)(=O)O)cc(C)c1N=Nc1c(O)ccc2ccccc12. The van der Waals surface area contributed by atoms with E-state index in [2.05, 4.69) is 10.2 Å². The molecule has 3 rings (SSSR count). The first kappa shape index (κ1) is 17.1. The van der Waals surface area contributed by atoms with Crippen molar-refractivity contribution in [1.82, 2.24) is 0 Å². The molecule has 0 amide bonds. The molecule has 0 fully saturated rings. The summed E-state index contributed by atoms with van der Waals surface area (Å²) in [5.74, 6) is 0.00677. The van der Waals surface area contributed by atoms with Gasteiger partial charge in [-0.3, -0.25) is 4.55 Å². The van der Waals surface area contributed by atoms with Crippen LogP contribution in [0, 0.1) is 13.8 Å². The lowest BCUT2D eigenvalue weighted by molar-refractivity contribution is 0.477. The van der Waals surface area contributed by atoms with Crippen LogP contribution in [0.5, 0.6) is 5.75 Å². The van der Waals surface area contributed by atoms with E-state index in [4.69, 9.17) is 0 Å². The van der Waals surface area contributed by atoms with Gasteiger partial charge >= 0.3 is 0 Å². The number of aryl methyl sites for hydroxylation is 2. The summed E-state index contributed by atoms with van der Waals surface area (Å²) in [5, 5.41) is 20.2. The van der Waals surface area contributed by atoms with Gasteiger partial charge in [-0.05, 0) is 48.6 Å². The molecule has 128 valence electrons. The predicted molar refractivity (Wildman–Crippen MR) is 95.5 cm³/mol. The largest absolute Gasteiger partial charge is 0.506 e. The fourth-order valence-electron chi connectivity index (χ4n) is 2.67. The summed E-state index contributed by atoms with van der Waals surface area (Å²) in [6.45, 7) is 3.36. The zero-order valence-electron chi connectivity index (χ0n) is 13.6. The number of hydrogen-bond donors (Lipinski definition) is 2. The van der Waals surface area contributed by atoms with E-state index in [1.807, 2.05) is 24.3 Å². The van der Waals surface area contributed by atoms with E-state index in [-0.39, 0.29) is 10.6 Å². The van der Waals surface area contributed by atoms with Crippen molar-refractivity contribution in [3.8, 4) is 5.75 Å². The third-order valence-corrected chi connectivity index (χ3v) is 4.72. The molecule has 2 N–H and O–H groups in total. The molecule has 0 aliphatic rings.